The molecular weight excluding hydrogens is 230 g/mol. The molecule has 19 heavy (non-hydrogen) atoms. The Balaban J connectivity index is 1.57. The Hall–Kier alpha value is -0.0400. The van der Waals surface area contributed by atoms with Crippen LogP contribution in [0.3, 0.4) is 0 Å². The summed E-state index contributed by atoms with van der Waals surface area (Å²) in [7, 11) is 0. The minimum Gasteiger partial charge on any atom is -0.314 e. The maximum atomic E-state index is 3.86. The molecule has 2 bridgehead atoms. The molecule has 0 radical (unpaired) electrons. The topological polar surface area (TPSA) is 12.0 Å². The predicted octanol–water partition coefficient (Wildman–Crippen LogP) is 4.62. The van der Waals surface area contributed by atoms with E-state index in [-0.39, 0.29) is 0 Å². The highest BCUT2D eigenvalue weighted by atomic mass is 14.9. The molecule has 0 aromatic carbocycles. The van der Waals surface area contributed by atoms with Crippen LogP contribution < -0.4 is 5.32 Å². The van der Waals surface area contributed by atoms with E-state index in [2.05, 4.69) is 19.2 Å². The molecule has 0 amide bonds. The van der Waals surface area contributed by atoms with E-state index < -0.39 is 0 Å². The van der Waals surface area contributed by atoms with Gasteiger partial charge in [0.1, 0.15) is 0 Å². The maximum absolute atomic E-state index is 3.86. The minimum atomic E-state index is 0.831. The lowest BCUT2D eigenvalue weighted by atomic mass is 9.74. The van der Waals surface area contributed by atoms with Crippen molar-refractivity contribution in [1.29, 1.82) is 0 Å². The van der Waals surface area contributed by atoms with Crippen molar-refractivity contribution in [2.24, 2.45) is 29.6 Å². The van der Waals surface area contributed by atoms with Crippen LogP contribution in [0.5, 0.6) is 0 Å². The Morgan fingerprint density at radius 1 is 1.05 bits per heavy atom. The number of fused-ring (bicyclic) bond motifs is 2. The van der Waals surface area contributed by atoms with E-state index in [0.29, 0.717) is 0 Å². The Morgan fingerprint density at radius 3 is 2.58 bits per heavy atom. The summed E-state index contributed by atoms with van der Waals surface area (Å²) < 4.78 is 0. The number of rotatable bonds is 5. The Morgan fingerprint density at radius 2 is 1.95 bits per heavy atom. The highest BCUT2D eigenvalue weighted by molar-refractivity contribution is 4.93. The van der Waals surface area contributed by atoms with Gasteiger partial charge in [0.15, 0.2) is 0 Å². The molecule has 1 nitrogen and oxygen atoms in total. The molecule has 3 rings (SSSR count). The van der Waals surface area contributed by atoms with Gasteiger partial charge in [-0.05, 0) is 74.7 Å². The normalized spacial score (nSPS) is 43.6. The van der Waals surface area contributed by atoms with Crippen molar-refractivity contribution < 1.29 is 0 Å². The molecule has 6 unspecified atom stereocenters. The van der Waals surface area contributed by atoms with Crippen LogP contribution in [-0.4, -0.2) is 12.6 Å². The molecule has 3 aliphatic rings. The van der Waals surface area contributed by atoms with Gasteiger partial charge in [-0.15, -0.1) is 0 Å². The van der Waals surface area contributed by atoms with Crippen LogP contribution >= 0.6 is 0 Å². The third kappa shape index (κ3) is 3.17. The van der Waals surface area contributed by atoms with E-state index in [4.69, 9.17) is 0 Å². The molecule has 0 aliphatic heterocycles. The van der Waals surface area contributed by atoms with Crippen LogP contribution in [0, 0.1) is 29.6 Å². The maximum Gasteiger partial charge on any atom is 0.00980 e. The lowest BCUT2D eigenvalue weighted by Crippen LogP contribution is -2.40. The number of hydrogen-bond acceptors (Lipinski definition) is 1. The molecular formula is C18H33N. The Bertz CT molecular complexity index is 287. The van der Waals surface area contributed by atoms with Crippen LogP contribution in [-0.2, 0) is 0 Å². The molecule has 110 valence electrons. The predicted molar refractivity (Wildman–Crippen MR) is 82.1 cm³/mol. The fraction of sp³-hybridized carbons (Fsp3) is 1.00. The van der Waals surface area contributed by atoms with E-state index >= 15 is 0 Å². The molecule has 0 spiro atoms. The molecule has 0 aromatic heterocycles. The summed E-state index contributed by atoms with van der Waals surface area (Å²) in [5.41, 5.74) is 0. The molecule has 6 atom stereocenters. The zero-order chi connectivity index (χ0) is 13.2. The number of nitrogens with one attached hydrogen (secondary N) is 1. The second-order valence-corrected chi connectivity index (χ2v) is 7.87. The van der Waals surface area contributed by atoms with Gasteiger partial charge < -0.3 is 5.32 Å². The molecule has 0 heterocycles. The summed E-state index contributed by atoms with van der Waals surface area (Å²) in [4.78, 5) is 0. The van der Waals surface area contributed by atoms with E-state index in [1.54, 1.807) is 25.7 Å². The van der Waals surface area contributed by atoms with E-state index in [1.165, 1.54) is 32.1 Å². The second-order valence-electron chi connectivity index (χ2n) is 7.87. The zero-order valence-electron chi connectivity index (χ0n) is 13.0. The van der Waals surface area contributed by atoms with Crippen molar-refractivity contribution >= 4 is 0 Å². The molecule has 3 saturated carbocycles. The highest BCUT2D eigenvalue weighted by Gasteiger charge is 2.41. The first kappa shape index (κ1) is 13.9. The first-order valence-corrected chi connectivity index (χ1v) is 8.99. The van der Waals surface area contributed by atoms with Crippen molar-refractivity contribution in [2.75, 3.05) is 6.54 Å². The van der Waals surface area contributed by atoms with Gasteiger partial charge in [0, 0.05) is 6.04 Å². The molecule has 1 heteroatoms. The van der Waals surface area contributed by atoms with Crippen molar-refractivity contribution in [2.45, 2.75) is 77.7 Å². The summed E-state index contributed by atoms with van der Waals surface area (Å²) >= 11 is 0. The molecule has 3 fully saturated rings. The van der Waals surface area contributed by atoms with E-state index in [0.717, 1.165) is 42.2 Å². The summed E-state index contributed by atoms with van der Waals surface area (Å²) in [6, 6.07) is 0.831. The summed E-state index contributed by atoms with van der Waals surface area (Å²) in [5.74, 6) is 5.23. The van der Waals surface area contributed by atoms with Gasteiger partial charge in [0.2, 0.25) is 0 Å². The van der Waals surface area contributed by atoms with Gasteiger partial charge in [-0.1, -0.05) is 33.1 Å². The lowest BCUT2D eigenvalue weighted by Gasteiger charge is -2.36. The summed E-state index contributed by atoms with van der Waals surface area (Å²) in [6.07, 6.45) is 13.7. The Kier molecular flexibility index (Phi) is 4.51. The van der Waals surface area contributed by atoms with Crippen molar-refractivity contribution in [1.82, 2.24) is 5.32 Å². The van der Waals surface area contributed by atoms with Gasteiger partial charge in [0.05, 0.1) is 0 Å². The van der Waals surface area contributed by atoms with Gasteiger partial charge in [-0.2, -0.15) is 0 Å². The highest BCUT2D eigenvalue weighted by Crippen LogP contribution is 2.50. The molecule has 1 N–H and O–H groups in total. The quantitative estimate of drug-likeness (QED) is 0.763. The summed E-state index contributed by atoms with van der Waals surface area (Å²) in [5, 5.41) is 3.86. The molecule has 0 saturated heterocycles. The van der Waals surface area contributed by atoms with E-state index in [9.17, 15) is 0 Å². The number of hydrogen-bond donors (Lipinski definition) is 1. The fourth-order valence-corrected chi connectivity index (χ4v) is 5.54. The zero-order valence-corrected chi connectivity index (χ0v) is 13.0. The summed E-state index contributed by atoms with van der Waals surface area (Å²) in [6.45, 7) is 5.92. The van der Waals surface area contributed by atoms with Gasteiger partial charge in [-0.25, -0.2) is 0 Å². The van der Waals surface area contributed by atoms with Crippen LogP contribution in [0.15, 0.2) is 0 Å². The molecule has 3 aliphatic carbocycles. The van der Waals surface area contributed by atoms with Gasteiger partial charge >= 0.3 is 0 Å². The minimum absolute atomic E-state index is 0.831. The van der Waals surface area contributed by atoms with E-state index in [1.807, 2.05) is 0 Å². The average molecular weight is 263 g/mol. The Labute approximate surface area is 119 Å². The SMILES string of the molecule is CCNC(CC1CC2CCC1C2)C1CCCC(C)C1. The van der Waals surface area contributed by atoms with Crippen molar-refractivity contribution in [3.05, 3.63) is 0 Å². The fourth-order valence-electron chi connectivity index (χ4n) is 5.54. The van der Waals surface area contributed by atoms with Gasteiger partial charge in [0.25, 0.3) is 0 Å². The standard InChI is InChI=1S/C18H33N/c1-3-19-18(16-6-4-5-13(2)9-16)12-17-11-14-7-8-15(17)10-14/h13-19H,3-12H2,1-2H3. The van der Waals surface area contributed by atoms with Crippen LogP contribution in [0.2, 0.25) is 0 Å². The van der Waals surface area contributed by atoms with Gasteiger partial charge in [-0.3, -0.25) is 0 Å². The first-order valence-electron chi connectivity index (χ1n) is 8.99. The van der Waals surface area contributed by atoms with Crippen molar-refractivity contribution in [3.63, 3.8) is 0 Å². The van der Waals surface area contributed by atoms with Crippen LogP contribution in [0.4, 0.5) is 0 Å². The first-order chi connectivity index (χ1) is 9.26. The molecule has 0 aromatic rings. The lowest BCUT2D eigenvalue weighted by molar-refractivity contribution is 0.181. The van der Waals surface area contributed by atoms with Crippen LogP contribution in [0.1, 0.15) is 71.6 Å². The average Bonchev–Trinajstić information content (AvgIpc) is 3.00. The third-order valence-corrected chi connectivity index (χ3v) is 6.45. The monoisotopic (exact) mass is 263 g/mol. The second kappa shape index (κ2) is 6.16. The van der Waals surface area contributed by atoms with Crippen molar-refractivity contribution in [3.8, 4) is 0 Å². The smallest absolute Gasteiger partial charge is 0.00980 e. The van der Waals surface area contributed by atoms with Crippen LogP contribution in [0.25, 0.3) is 0 Å². The largest absolute Gasteiger partial charge is 0.314 e. The third-order valence-electron chi connectivity index (χ3n) is 6.45.